The van der Waals surface area contributed by atoms with Crippen molar-refractivity contribution in [1.29, 1.82) is 0 Å². The predicted octanol–water partition coefficient (Wildman–Crippen LogP) is 3.37. The molecule has 10 nitrogen and oxygen atoms in total. The zero-order valence-electron chi connectivity index (χ0n) is 17.4. The number of anilines is 1. The van der Waals surface area contributed by atoms with E-state index in [4.69, 9.17) is 18.6 Å². The summed E-state index contributed by atoms with van der Waals surface area (Å²) < 4.78 is 21.6. The third-order valence-corrected chi connectivity index (χ3v) is 5.98. The SMILES string of the molecule is CCC(=O)Nc1nnc(SCc2cc(=O)c(OC(=O)c3cccc(OC)c3OC)co2)s1. The largest absolute Gasteiger partial charge is 0.493 e. The van der Waals surface area contributed by atoms with Crippen LogP contribution in [0.2, 0.25) is 0 Å². The van der Waals surface area contributed by atoms with E-state index < -0.39 is 11.4 Å². The maximum absolute atomic E-state index is 12.5. The number of methoxy groups -OCH3 is 2. The highest BCUT2D eigenvalue weighted by Crippen LogP contribution is 2.31. The number of nitrogens with one attached hydrogen (secondary N) is 1. The highest BCUT2D eigenvalue weighted by Gasteiger charge is 2.20. The molecule has 0 bridgehead atoms. The number of amides is 1. The first-order valence-corrected chi connectivity index (χ1v) is 11.1. The Morgan fingerprint density at radius 2 is 2.00 bits per heavy atom. The molecule has 3 rings (SSSR count). The lowest BCUT2D eigenvalue weighted by Gasteiger charge is -2.11. The summed E-state index contributed by atoms with van der Waals surface area (Å²) in [6, 6.07) is 5.97. The van der Waals surface area contributed by atoms with Crippen LogP contribution in [-0.4, -0.2) is 36.3 Å². The Labute approximate surface area is 190 Å². The quantitative estimate of drug-likeness (QED) is 0.278. The van der Waals surface area contributed by atoms with Crippen molar-refractivity contribution in [2.24, 2.45) is 0 Å². The minimum Gasteiger partial charge on any atom is -0.493 e. The van der Waals surface area contributed by atoms with Crippen molar-refractivity contribution in [3.8, 4) is 17.2 Å². The fraction of sp³-hybridized carbons (Fsp3) is 0.250. The molecular weight excluding hydrogens is 458 g/mol. The molecule has 0 spiro atoms. The average molecular weight is 478 g/mol. The van der Waals surface area contributed by atoms with Gasteiger partial charge in [0.2, 0.25) is 22.2 Å². The number of para-hydroxylation sites is 1. The highest BCUT2D eigenvalue weighted by atomic mass is 32.2. The van der Waals surface area contributed by atoms with Crippen molar-refractivity contribution in [3.05, 3.63) is 52.1 Å². The number of carbonyl (C=O) groups is 2. The van der Waals surface area contributed by atoms with E-state index in [1.54, 1.807) is 19.1 Å². The molecule has 1 aromatic carbocycles. The van der Waals surface area contributed by atoms with E-state index in [1.165, 1.54) is 49.5 Å². The van der Waals surface area contributed by atoms with Crippen molar-refractivity contribution in [1.82, 2.24) is 10.2 Å². The van der Waals surface area contributed by atoms with Gasteiger partial charge in [-0.2, -0.15) is 0 Å². The van der Waals surface area contributed by atoms with Crippen LogP contribution in [0.3, 0.4) is 0 Å². The van der Waals surface area contributed by atoms with Gasteiger partial charge in [0, 0.05) is 12.5 Å². The number of ether oxygens (including phenoxy) is 3. The minimum absolute atomic E-state index is 0.105. The molecular formula is C20H19N3O7S2. The zero-order chi connectivity index (χ0) is 23.1. The number of hydrogen-bond acceptors (Lipinski definition) is 11. The van der Waals surface area contributed by atoms with Crippen LogP contribution in [0, 0.1) is 0 Å². The molecule has 12 heteroatoms. The monoisotopic (exact) mass is 477 g/mol. The van der Waals surface area contributed by atoms with Crippen molar-refractivity contribution in [2.75, 3.05) is 19.5 Å². The average Bonchev–Trinajstić information content (AvgIpc) is 3.25. The molecule has 2 heterocycles. The number of rotatable bonds is 9. The van der Waals surface area contributed by atoms with Gasteiger partial charge in [-0.1, -0.05) is 36.1 Å². The van der Waals surface area contributed by atoms with Crippen LogP contribution in [0.25, 0.3) is 0 Å². The van der Waals surface area contributed by atoms with E-state index in [1.807, 2.05) is 0 Å². The maximum Gasteiger partial charge on any atom is 0.347 e. The number of benzene rings is 1. The minimum atomic E-state index is -0.786. The second-order valence-electron chi connectivity index (χ2n) is 6.07. The van der Waals surface area contributed by atoms with Crippen LogP contribution in [0.5, 0.6) is 17.2 Å². The molecule has 1 amide bonds. The maximum atomic E-state index is 12.5. The van der Waals surface area contributed by atoms with Crippen molar-refractivity contribution < 1.29 is 28.2 Å². The molecule has 3 aromatic rings. The highest BCUT2D eigenvalue weighted by molar-refractivity contribution is 8.00. The Morgan fingerprint density at radius 3 is 2.69 bits per heavy atom. The molecule has 0 aliphatic heterocycles. The van der Waals surface area contributed by atoms with Gasteiger partial charge in [0.15, 0.2) is 15.8 Å². The molecule has 0 unspecified atom stereocenters. The molecule has 0 saturated heterocycles. The molecule has 2 aromatic heterocycles. The van der Waals surface area contributed by atoms with Crippen molar-refractivity contribution >= 4 is 40.1 Å². The Hall–Kier alpha value is -3.38. The van der Waals surface area contributed by atoms with Crippen LogP contribution >= 0.6 is 23.1 Å². The summed E-state index contributed by atoms with van der Waals surface area (Å²) in [5.41, 5.74) is -0.414. The van der Waals surface area contributed by atoms with Gasteiger partial charge in [0.05, 0.1) is 20.0 Å². The summed E-state index contributed by atoms with van der Waals surface area (Å²) in [7, 11) is 2.84. The van der Waals surface area contributed by atoms with Crippen molar-refractivity contribution in [2.45, 2.75) is 23.4 Å². The molecule has 168 valence electrons. The Balaban J connectivity index is 1.65. The zero-order valence-corrected chi connectivity index (χ0v) is 19.0. The van der Waals surface area contributed by atoms with Gasteiger partial charge in [-0.3, -0.25) is 9.59 Å². The van der Waals surface area contributed by atoms with Gasteiger partial charge in [-0.15, -0.1) is 10.2 Å². The van der Waals surface area contributed by atoms with Crippen molar-refractivity contribution in [3.63, 3.8) is 0 Å². The smallest absolute Gasteiger partial charge is 0.347 e. The topological polar surface area (TPSA) is 130 Å². The summed E-state index contributed by atoms with van der Waals surface area (Å²) in [6.07, 6.45) is 1.42. The van der Waals surface area contributed by atoms with E-state index >= 15 is 0 Å². The number of thioether (sulfide) groups is 1. The summed E-state index contributed by atoms with van der Waals surface area (Å²) in [6.45, 7) is 1.74. The third-order valence-electron chi connectivity index (χ3n) is 3.99. The number of esters is 1. The fourth-order valence-electron chi connectivity index (χ4n) is 2.45. The van der Waals surface area contributed by atoms with Gasteiger partial charge in [-0.25, -0.2) is 4.79 Å². The van der Waals surface area contributed by atoms with Crippen LogP contribution in [0.15, 0.2) is 44.1 Å². The van der Waals surface area contributed by atoms with E-state index in [0.29, 0.717) is 33.2 Å². The molecule has 0 saturated carbocycles. The summed E-state index contributed by atoms with van der Waals surface area (Å²) in [5.74, 6) is 0.0106. The van der Waals surface area contributed by atoms with Gasteiger partial charge in [0.1, 0.15) is 17.6 Å². The third kappa shape index (κ3) is 5.65. The van der Waals surface area contributed by atoms with Gasteiger partial charge < -0.3 is 23.9 Å². The normalized spacial score (nSPS) is 10.5. The van der Waals surface area contributed by atoms with Crippen LogP contribution in [0.4, 0.5) is 5.13 Å². The van der Waals surface area contributed by atoms with E-state index in [-0.39, 0.29) is 23.0 Å². The summed E-state index contributed by atoms with van der Waals surface area (Å²) >= 11 is 2.50. The lowest BCUT2D eigenvalue weighted by atomic mass is 10.2. The van der Waals surface area contributed by atoms with E-state index in [0.717, 1.165) is 6.26 Å². The molecule has 32 heavy (non-hydrogen) atoms. The van der Waals surface area contributed by atoms with Gasteiger partial charge >= 0.3 is 5.97 Å². The summed E-state index contributed by atoms with van der Waals surface area (Å²) in [5, 5.41) is 10.9. The van der Waals surface area contributed by atoms with Crippen LogP contribution < -0.4 is 25.0 Å². The Bertz CT molecular complexity index is 1180. The fourth-order valence-corrected chi connectivity index (χ4v) is 4.11. The van der Waals surface area contributed by atoms with Crippen LogP contribution in [0.1, 0.15) is 29.5 Å². The molecule has 0 aliphatic carbocycles. The Morgan fingerprint density at radius 1 is 1.19 bits per heavy atom. The molecule has 0 atom stereocenters. The number of hydrogen-bond donors (Lipinski definition) is 1. The lowest BCUT2D eigenvalue weighted by Crippen LogP contribution is -2.15. The number of aromatic nitrogens is 2. The number of carbonyl (C=O) groups excluding carboxylic acids is 2. The molecule has 0 fully saturated rings. The molecule has 0 aliphatic rings. The summed E-state index contributed by atoms with van der Waals surface area (Å²) in [4.78, 5) is 36.3. The second kappa shape index (κ2) is 10.8. The second-order valence-corrected chi connectivity index (χ2v) is 8.27. The van der Waals surface area contributed by atoms with Gasteiger partial charge in [0.25, 0.3) is 0 Å². The molecule has 0 radical (unpaired) electrons. The predicted molar refractivity (Wildman–Crippen MR) is 118 cm³/mol. The van der Waals surface area contributed by atoms with E-state index in [9.17, 15) is 14.4 Å². The van der Waals surface area contributed by atoms with Gasteiger partial charge in [-0.05, 0) is 12.1 Å². The van der Waals surface area contributed by atoms with Crippen LogP contribution in [-0.2, 0) is 10.5 Å². The lowest BCUT2D eigenvalue weighted by molar-refractivity contribution is -0.115. The first kappa shape index (κ1) is 23.3. The standard InChI is InChI=1S/C20H19N3O7S2/c1-4-16(25)21-19-22-23-20(32-19)31-10-11-8-13(24)15(9-29-11)30-18(26)12-6-5-7-14(27-2)17(12)28-3/h5-9H,4,10H2,1-3H3,(H,21,22,25). The first-order valence-electron chi connectivity index (χ1n) is 9.26. The van der Waals surface area contributed by atoms with E-state index in [2.05, 4.69) is 15.5 Å². The first-order chi connectivity index (χ1) is 15.4. The Kier molecular flexibility index (Phi) is 7.84. The molecule has 1 N–H and O–H groups in total. The number of nitrogens with zero attached hydrogens (tertiary/aromatic N) is 2.